The van der Waals surface area contributed by atoms with E-state index in [2.05, 4.69) is 211 Å². The van der Waals surface area contributed by atoms with Crippen molar-refractivity contribution >= 4 is 67.5 Å². The smallest absolute Gasteiger partial charge is 0.226 e. The Morgan fingerprint density at radius 1 is 0.647 bits per heavy atom. The van der Waals surface area contributed by atoms with Crippen LogP contribution < -0.4 is 20.7 Å². The van der Waals surface area contributed by atoms with Crippen molar-refractivity contribution in [2.75, 3.05) is 9.80 Å². The molecular formula is C63H62BN3O. The highest BCUT2D eigenvalue weighted by atomic mass is 16.3. The van der Waals surface area contributed by atoms with Gasteiger partial charge >= 0.3 is 0 Å². The molecule has 0 N–H and O–H groups in total. The fourth-order valence-corrected chi connectivity index (χ4v) is 14.7. The van der Waals surface area contributed by atoms with E-state index >= 15 is 0 Å². The molecule has 8 aromatic rings. The van der Waals surface area contributed by atoms with Gasteiger partial charge in [-0.25, -0.2) is 0 Å². The summed E-state index contributed by atoms with van der Waals surface area (Å²) in [5, 5.41) is 3.70. The lowest BCUT2D eigenvalue weighted by Crippen LogP contribution is -2.58. The molecule has 6 aliphatic rings. The average molecular weight is 888 g/mol. The van der Waals surface area contributed by atoms with Crippen molar-refractivity contribution < 1.29 is 4.42 Å². The lowest BCUT2D eigenvalue weighted by molar-refractivity contribution is 0.191. The lowest BCUT2D eigenvalue weighted by atomic mass is 9.29. The van der Waals surface area contributed by atoms with Gasteiger partial charge in [0.15, 0.2) is 5.58 Å². The van der Waals surface area contributed by atoms with E-state index in [1.54, 1.807) is 0 Å². The third-order valence-corrected chi connectivity index (χ3v) is 18.4. The monoisotopic (exact) mass is 887 g/mol. The van der Waals surface area contributed by atoms with Crippen LogP contribution in [0.3, 0.4) is 0 Å². The Bertz CT molecular complexity index is 3620. The topological polar surface area (TPSA) is 24.6 Å². The maximum atomic E-state index is 7.05. The number of anilines is 3. The molecule has 5 heteroatoms. The number of rotatable bonds is 2. The van der Waals surface area contributed by atoms with Crippen LogP contribution in [0.1, 0.15) is 129 Å². The zero-order chi connectivity index (χ0) is 46.6. The summed E-state index contributed by atoms with van der Waals surface area (Å²) in [4.78, 5) is 5.50. The van der Waals surface area contributed by atoms with Crippen LogP contribution in [0.5, 0.6) is 0 Å². The summed E-state index contributed by atoms with van der Waals surface area (Å²) in [5.74, 6) is 0.186. The predicted octanol–water partition coefficient (Wildman–Crippen LogP) is 15.2. The number of aromatic nitrogens is 1. The average Bonchev–Trinajstić information content (AvgIpc) is 4.00. The Kier molecular flexibility index (Phi) is 7.87. The van der Waals surface area contributed by atoms with Gasteiger partial charge in [0, 0.05) is 72.2 Å². The van der Waals surface area contributed by atoms with Crippen LogP contribution in [0.25, 0.3) is 49.7 Å². The van der Waals surface area contributed by atoms with E-state index < -0.39 is 0 Å². The third-order valence-electron chi connectivity index (χ3n) is 18.4. The van der Waals surface area contributed by atoms with Gasteiger partial charge in [0.1, 0.15) is 5.58 Å². The van der Waals surface area contributed by atoms with Crippen molar-refractivity contribution in [1.29, 1.82) is 0 Å². The van der Waals surface area contributed by atoms with Gasteiger partial charge in [-0.05, 0) is 118 Å². The molecule has 3 unspecified atom stereocenters. The van der Waals surface area contributed by atoms with Crippen molar-refractivity contribution in [2.45, 2.75) is 134 Å². The van der Waals surface area contributed by atoms with Gasteiger partial charge in [0.05, 0.1) is 11.2 Å². The van der Waals surface area contributed by atoms with Crippen LogP contribution in [-0.4, -0.2) is 16.8 Å². The number of hydrogen-bond donors (Lipinski definition) is 0. The summed E-state index contributed by atoms with van der Waals surface area (Å²) in [5.41, 5.74) is 23.6. The number of fused-ring (bicyclic) bond motifs is 15. The molecule has 0 bridgehead atoms. The molecule has 338 valence electrons. The first-order chi connectivity index (χ1) is 32.5. The molecule has 4 nitrogen and oxygen atoms in total. The normalized spacial score (nSPS) is 23.0. The summed E-state index contributed by atoms with van der Waals surface area (Å²) in [6.07, 6.45) is 11.1. The zero-order valence-electron chi connectivity index (χ0n) is 41.6. The Morgan fingerprint density at radius 3 is 2.19 bits per heavy atom. The second kappa shape index (κ2) is 13.1. The minimum absolute atomic E-state index is 0.0322. The van der Waals surface area contributed by atoms with Gasteiger partial charge in [0.2, 0.25) is 6.71 Å². The van der Waals surface area contributed by atoms with Crippen LogP contribution in [0.2, 0.25) is 5.82 Å². The highest BCUT2D eigenvalue weighted by Crippen LogP contribution is 2.62. The number of para-hydroxylation sites is 3. The minimum Gasteiger partial charge on any atom is -0.454 e. The van der Waals surface area contributed by atoms with E-state index in [1.165, 1.54) is 115 Å². The van der Waals surface area contributed by atoms with Crippen molar-refractivity contribution in [1.82, 2.24) is 4.57 Å². The minimum atomic E-state index is -0.190. The standard InChI is InChI=1S/C63H62BN3O/c1-59(2,3)37-27-30-48-45(33-37)62(9)31-15-16-32-63(62,10)67(48)39-28-29-46-50(36-39)65(49-25-18-21-41-40-19-12-14-26-53(40)68-57(41)49)51-34-38(60(4,5)6)35-52-55(51)64(46)47-24-17-22-43-54-42-20-11-13-23-44(42)61(7,8)58(54)66(52)56(43)47/h11-14,17-28,30,33-36,46H,15-16,29,31-32H2,1-10H3. The number of hydrogen-bond acceptors (Lipinski definition) is 3. The summed E-state index contributed by atoms with van der Waals surface area (Å²) >= 11 is 0. The van der Waals surface area contributed by atoms with E-state index in [1.807, 2.05) is 0 Å². The number of nitrogens with zero attached hydrogens (tertiary/aromatic N) is 3. The molecule has 1 fully saturated rings. The van der Waals surface area contributed by atoms with Crippen LogP contribution in [0, 0.1) is 0 Å². The Morgan fingerprint density at radius 2 is 1.37 bits per heavy atom. The van der Waals surface area contributed by atoms with Crippen LogP contribution >= 0.6 is 0 Å². The molecule has 0 amide bonds. The fraction of sp³-hybridized carbons (Fsp3) is 0.333. The quantitative estimate of drug-likeness (QED) is 0.162. The van der Waals surface area contributed by atoms with E-state index in [4.69, 9.17) is 4.42 Å². The SMILES string of the molecule is CC(C)(C)c1cc2c3c(c1)-n1c4c(c5cccc(c51)B3C1CC=C(N3c5ccc(C(C)(C)C)cc5C5(C)CCCCC35C)C=C1N2c1cccc2c1oc1ccccc12)-c1ccccc1C4(C)C. The molecule has 0 saturated heterocycles. The first kappa shape index (κ1) is 40.8. The molecule has 0 spiro atoms. The molecule has 5 heterocycles. The van der Waals surface area contributed by atoms with E-state index in [-0.39, 0.29) is 39.7 Å². The highest BCUT2D eigenvalue weighted by Gasteiger charge is 2.59. The summed E-state index contributed by atoms with van der Waals surface area (Å²) in [6.45, 7) is 24.5. The second-order valence-corrected chi connectivity index (χ2v) is 24.4. The predicted molar refractivity (Wildman–Crippen MR) is 287 cm³/mol. The number of allylic oxidation sites excluding steroid dienone is 3. The Balaban J connectivity index is 1.08. The van der Waals surface area contributed by atoms with Crippen LogP contribution in [0.15, 0.2) is 143 Å². The molecule has 3 atom stereocenters. The summed E-state index contributed by atoms with van der Waals surface area (Å²) in [6, 6.07) is 44.5. The van der Waals surface area contributed by atoms with Crippen molar-refractivity contribution in [2.24, 2.45) is 0 Å². The van der Waals surface area contributed by atoms with Gasteiger partial charge in [-0.15, -0.1) is 0 Å². The third kappa shape index (κ3) is 4.98. The van der Waals surface area contributed by atoms with Crippen molar-refractivity contribution in [3.63, 3.8) is 0 Å². The van der Waals surface area contributed by atoms with Gasteiger partial charge in [0.25, 0.3) is 0 Å². The zero-order valence-corrected chi connectivity index (χ0v) is 41.6. The van der Waals surface area contributed by atoms with E-state index in [9.17, 15) is 0 Å². The molecule has 68 heavy (non-hydrogen) atoms. The maximum Gasteiger partial charge on any atom is 0.226 e. The van der Waals surface area contributed by atoms with Gasteiger partial charge in [-0.3, -0.25) is 0 Å². The highest BCUT2D eigenvalue weighted by molar-refractivity contribution is 6.91. The van der Waals surface area contributed by atoms with Crippen molar-refractivity contribution in [3.8, 4) is 16.8 Å². The van der Waals surface area contributed by atoms with E-state index in [0.29, 0.717) is 0 Å². The van der Waals surface area contributed by atoms with Crippen LogP contribution in [-0.2, 0) is 21.7 Å². The Hall–Kier alpha value is -6.20. The second-order valence-electron chi connectivity index (χ2n) is 24.4. The number of furan rings is 1. The molecule has 2 aromatic heterocycles. The van der Waals surface area contributed by atoms with Crippen molar-refractivity contribution in [3.05, 3.63) is 167 Å². The van der Waals surface area contributed by atoms with Crippen LogP contribution in [0.4, 0.5) is 17.1 Å². The van der Waals surface area contributed by atoms with Gasteiger partial charge < -0.3 is 18.8 Å². The molecule has 1 saturated carbocycles. The van der Waals surface area contributed by atoms with E-state index in [0.717, 1.165) is 34.0 Å². The molecule has 3 aliphatic carbocycles. The fourth-order valence-electron chi connectivity index (χ4n) is 14.7. The molecule has 14 rings (SSSR count). The summed E-state index contributed by atoms with van der Waals surface area (Å²) < 4.78 is 9.79. The number of benzene rings is 6. The maximum absolute atomic E-state index is 7.05. The first-order valence-electron chi connectivity index (χ1n) is 25.5. The Labute approximate surface area is 402 Å². The molecule has 3 aliphatic heterocycles. The first-order valence-corrected chi connectivity index (χ1v) is 25.5. The van der Waals surface area contributed by atoms with Gasteiger partial charge in [-0.2, -0.15) is 0 Å². The van der Waals surface area contributed by atoms with Gasteiger partial charge in [-0.1, -0.05) is 166 Å². The molecular weight excluding hydrogens is 826 g/mol. The lowest BCUT2D eigenvalue weighted by Gasteiger charge is -2.52. The molecule has 0 radical (unpaired) electrons. The molecule has 6 aromatic carbocycles. The largest absolute Gasteiger partial charge is 0.454 e. The summed E-state index contributed by atoms with van der Waals surface area (Å²) in [7, 11) is 0.